The first kappa shape index (κ1) is 15.0. The number of rotatable bonds is 4. The van der Waals surface area contributed by atoms with Gasteiger partial charge in [0.2, 0.25) is 5.91 Å². The Balaban J connectivity index is 1.68. The van der Waals surface area contributed by atoms with Gasteiger partial charge in [0.1, 0.15) is 5.75 Å². The van der Waals surface area contributed by atoms with Crippen LogP contribution >= 0.6 is 11.8 Å². The lowest BCUT2D eigenvalue weighted by Gasteiger charge is -2.29. The number of hydrogen-bond acceptors (Lipinski definition) is 3. The first-order chi connectivity index (χ1) is 10.8. The number of nitrogens with zero attached hydrogens (tertiary/aromatic N) is 1. The number of thioether (sulfide) groups is 1. The fourth-order valence-electron chi connectivity index (χ4n) is 2.71. The van der Waals surface area contributed by atoms with E-state index in [-0.39, 0.29) is 5.91 Å². The lowest BCUT2D eigenvalue weighted by atomic mass is 10.0. The molecule has 114 valence electrons. The van der Waals surface area contributed by atoms with Crippen LogP contribution in [0.15, 0.2) is 53.4 Å². The van der Waals surface area contributed by atoms with Crippen molar-refractivity contribution in [2.45, 2.75) is 17.7 Å². The molecule has 0 N–H and O–H groups in total. The summed E-state index contributed by atoms with van der Waals surface area (Å²) in [5.41, 5.74) is 2.35. The van der Waals surface area contributed by atoms with Crippen LogP contribution in [0.2, 0.25) is 0 Å². The average Bonchev–Trinajstić information content (AvgIpc) is 2.59. The monoisotopic (exact) mass is 313 g/mol. The van der Waals surface area contributed by atoms with Gasteiger partial charge in [0.05, 0.1) is 12.9 Å². The number of ether oxygens (including phenoxy) is 1. The predicted molar refractivity (Wildman–Crippen MR) is 90.8 cm³/mol. The number of methoxy groups -OCH3 is 1. The van der Waals surface area contributed by atoms with Crippen LogP contribution in [0.5, 0.6) is 5.75 Å². The van der Waals surface area contributed by atoms with E-state index in [1.807, 2.05) is 47.4 Å². The molecule has 0 radical (unpaired) electrons. The minimum Gasteiger partial charge on any atom is -0.497 e. The molecule has 3 nitrogen and oxygen atoms in total. The van der Waals surface area contributed by atoms with Gasteiger partial charge in [0.25, 0.3) is 0 Å². The van der Waals surface area contributed by atoms with Crippen LogP contribution in [0.25, 0.3) is 0 Å². The lowest BCUT2D eigenvalue weighted by Crippen LogP contribution is -2.36. The number of aryl methyl sites for hydroxylation is 1. The Morgan fingerprint density at radius 3 is 2.95 bits per heavy atom. The fraction of sp³-hybridized carbons (Fsp3) is 0.278. The highest BCUT2D eigenvalue weighted by molar-refractivity contribution is 8.00. The van der Waals surface area contributed by atoms with E-state index in [1.165, 1.54) is 5.56 Å². The van der Waals surface area contributed by atoms with Crippen LogP contribution in [0.1, 0.15) is 12.0 Å². The molecule has 0 aliphatic carbocycles. The number of carbonyl (C=O) groups excluding carboxylic acids is 1. The largest absolute Gasteiger partial charge is 0.497 e. The molecule has 0 unspecified atom stereocenters. The third-order valence-electron chi connectivity index (χ3n) is 3.81. The van der Waals surface area contributed by atoms with Gasteiger partial charge in [-0.1, -0.05) is 24.3 Å². The molecule has 3 rings (SSSR count). The fourth-order valence-corrected chi connectivity index (χ4v) is 3.53. The summed E-state index contributed by atoms with van der Waals surface area (Å²) < 4.78 is 5.22. The number of carbonyl (C=O) groups is 1. The van der Waals surface area contributed by atoms with Crippen LogP contribution in [-0.4, -0.2) is 25.3 Å². The second-order valence-electron chi connectivity index (χ2n) is 5.25. The zero-order valence-electron chi connectivity index (χ0n) is 12.6. The van der Waals surface area contributed by atoms with Gasteiger partial charge in [0.15, 0.2) is 0 Å². The molecule has 0 bridgehead atoms. The highest BCUT2D eigenvalue weighted by atomic mass is 32.2. The van der Waals surface area contributed by atoms with E-state index in [2.05, 4.69) is 6.07 Å². The molecule has 1 aliphatic rings. The number of amides is 1. The average molecular weight is 313 g/mol. The Morgan fingerprint density at radius 2 is 2.09 bits per heavy atom. The highest BCUT2D eigenvalue weighted by Gasteiger charge is 2.21. The van der Waals surface area contributed by atoms with Gasteiger partial charge in [-0.15, -0.1) is 11.8 Å². The summed E-state index contributed by atoms with van der Waals surface area (Å²) in [6.07, 6.45) is 2.09. The van der Waals surface area contributed by atoms with Crippen molar-refractivity contribution in [3.8, 4) is 5.75 Å². The zero-order valence-corrected chi connectivity index (χ0v) is 13.4. The van der Waals surface area contributed by atoms with Gasteiger partial charge in [-0.2, -0.15) is 0 Å². The molecule has 22 heavy (non-hydrogen) atoms. The Bertz CT molecular complexity index is 672. The minimum absolute atomic E-state index is 0.167. The highest BCUT2D eigenvalue weighted by Crippen LogP contribution is 2.28. The third kappa shape index (κ3) is 3.28. The summed E-state index contributed by atoms with van der Waals surface area (Å²) in [5, 5.41) is 0. The van der Waals surface area contributed by atoms with E-state index < -0.39 is 0 Å². The molecule has 1 aliphatic heterocycles. The number of hydrogen-bond donors (Lipinski definition) is 0. The smallest absolute Gasteiger partial charge is 0.237 e. The molecule has 0 aromatic heterocycles. The van der Waals surface area contributed by atoms with Gasteiger partial charge in [-0.25, -0.2) is 0 Å². The van der Waals surface area contributed by atoms with Gasteiger partial charge in [-0.3, -0.25) is 4.79 Å². The molecule has 1 heterocycles. The molecule has 2 aromatic rings. The van der Waals surface area contributed by atoms with Crippen molar-refractivity contribution in [3.63, 3.8) is 0 Å². The maximum absolute atomic E-state index is 12.6. The summed E-state index contributed by atoms with van der Waals surface area (Å²) in [4.78, 5) is 15.5. The first-order valence-corrected chi connectivity index (χ1v) is 8.41. The Labute approximate surface area is 135 Å². The van der Waals surface area contributed by atoms with Crippen LogP contribution in [-0.2, 0) is 11.2 Å². The van der Waals surface area contributed by atoms with Gasteiger partial charge < -0.3 is 9.64 Å². The van der Waals surface area contributed by atoms with Crippen LogP contribution in [0, 0.1) is 0 Å². The third-order valence-corrected chi connectivity index (χ3v) is 4.79. The molecule has 4 heteroatoms. The van der Waals surface area contributed by atoms with Crippen molar-refractivity contribution >= 4 is 23.4 Å². The summed E-state index contributed by atoms with van der Waals surface area (Å²) in [5.74, 6) is 1.43. The van der Waals surface area contributed by atoms with Crippen molar-refractivity contribution < 1.29 is 9.53 Å². The normalized spacial score (nSPS) is 13.6. The molecule has 0 spiro atoms. The molecule has 2 aromatic carbocycles. The standard InChI is InChI=1S/C18H19NO2S/c1-21-15-8-4-9-16(12-15)22-13-18(20)19-11-5-7-14-6-2-3-10-17(14)19/h2-4,6,8-10,12H,5,7,11,13H2,1H3. The zero-order chi connectivity index (χ0) is 15.4. The van der Waals surface area contributed by atoms with Gasteiger partial charge in [0, 0.05) is 17.1 Å². The van der Waals surface area contributed by atoms with Crippen molar-refractivity contribution in [2.75, 3.05) is 24.3 Å². The van der Waals surface area contributed by atoms with E-state index in [1.54, 1.807) is 18.9 Å². The molecule has 0 saturated heterocycles. The maximum atomic E-state index is 12.6. The lowest BCUT2D eigenvalue weighted by molar-refractivity contribution is -0.116. The first-order valence-electron chi connectivity index (χ1n) is 7.43. The Kier molecular flexibility index (Phi) is 4.68. The quantitative estimate of drug-likeness (QED) is 0.805. The molecular formula is C18H19NO2S. The van der Waals surface area contributed by atoms with Crippen LogP contribution in [0.4, 0.5) is 5.69 Å². The molecule has 0 saturated carbocycles. The van der Waals surface area contributed by atoms with Crippen molar-refractivity contribution in [3.05, 3.63) is 54.1 Å². The maximum Gasteiger partial charge on any atom is 0.237 e. The summed E-state index contributed by atoms with van der Waals surface area (Å²) >= 11 is 1.56. The van der Waals surface area contributed by atoms with Crippen LogP contribution < -0.4 is 9.64 Å². The second kappa shape index (κ2) is 6.88. The van der Waals surface area contributed by atoms with E-state index in [0.717, 1.165) is 35.7 Å². The number of benzene rings is 2. The topological polar surface area (TPSA) is 29.5 Å². The van der Waals surface area contributed by atoms with E-state index in [4.69, 9.17) is 4.74 Å². The Hall–Kier alpha value is -1.94. The molecular weight excluding hydrogens is 294 g/mol. The summed E-state index contributed by atoms with van der Waals surface area (Å²) in [6.45, 7) is 0.814. The second-order valence-corrected chi connectivity index (χ2v) is 6.29. The number of anilines is 1. The molecule has 0 atom stereocenters. The van der Waals surface area contributed by atoms with Crippen molar-refractivity contribution in [1.29, 1.82) is 0 Å². The Morgan fingerprint density at radius 1 is 1.23 bits per heavy atom. The van der Waals surface area contributed by atoms with Gasteiger partial charge >= 0.3 is 0 Å². The molecule has 1 amide bonds. The van der Waals surface area contributed by atoms with Gasteiger partial charge in [-0.05, 0) is 42.7 Å². The number of fused-ring (bicyclic) bond motifs is 1. The number of para-hydroxylation sites is 1. The predicted octanol–water partition coefficient (Wildman–Crippen LogP) is 3.77. The minimum atomic E-state index is 0.167. The van der Waals surface area contributed by atoms with Crippen LogP contribution in [0.3, 0.4) is 0 Å². The SMILES string of the molecule is COc1cccc(SCC(=O)N2CCCc3ccccc32)c1. The summed E-state index contributed by atoms with van der Waals surface area (Å²) in [6, 6.07) is 16.0. The van der Waals surface area contributed by atoms with Crippen molar-refractivity contribution in [2.24, 2.45) is 0 Å². The van der Waals surface area contributed by atoms with E-state index in [0.29, 0.717) is 5.75 Å². The van der Waals surface area contributed by atoms with E-state index >= 15 is 0 Å². The summed E-state index contributed by atoms with van der Waals surface area (Å²) in [7, 11) is 1.65. The van der Waals surface area contributed by atoms with E-state index in [9.17, 15) is 4.79 Å². The molecule has 0 fully saturated rings. The van der Waals surface area contributed by atoms with Crippen molar-refractivity contribution in [1.82, 2.24) is 0 Å².